The minimum Gasteiger partial charge on any atom is -0.487 e. The molecule has 0 spiro atoms. The highest BCUT2D eigenvalue weighted by molar-refractivity contribution is 7.89. The number of fused-ring (bicyclic) bond motifs is 2. The monoisotopic (exact) mass is 583 g/mol. The molecule has 1 amide bonds. The molecular formula is C29H37N5O6S. The van der Waals surface area contributed by atoms with Crippen molar-refractivity contribution >= 4 is 38.9 Å². The van der Waals surface area contributed by atoms with Gasteiger partial charge in [0.05, 0.1) is 17.3 Å². The van der Waals surface area contributed by atoms with Crippen LogP contribution in [-0.2, 0) is 21.2 Å². The molecule has 11 nitrogen and oxygen atoms in total. The first-order valence-electron chi connectivity index (χ1n) is 13.4. The number of hydrogen-bond acceptors (Lipinski definition) is 8. The second-order valence-electron chi connectivity index (χ2n) is 11.0. The predicted octanol–water partition coefficient (Wildman–Crippen LogP) is 3.30. The molecule has 0 unspecified atom stereocenters. The number of aryl methyl sites for hydroxylation is 1. The third-order valence-electron chi connectivity index (χ3n) is 7.27. The van der Waals surface area contributed by atoms with Crippen molar-refractivity contribution in [2.45, 2.75) is 77.3 Å². The van der Waals surface area contributed by atoms with Crippen molar-refractivity contribution in [2.75, 3.05) is 11.9 Å². The van der Waals surface area contributed by atoms with Crippen molar-refractivity contribution in [1.29, 1.82) is 0 Å². The summed E-state index contributed by atoms with van der Waals surface area (Å²) in [5.74, 6) is 0.393. The molecule has 0 saturated heterocycles. The van der Waals surface area contributed by atoms with E-state index in [1.165, 1.54) is 12.4 Å². The summed E-state index contributed by atoms with van der Waals surface area (Å²) >= 11 is 0. The maximum absolute atomic E-state index is 13.1. The van der Waals surface area contributed by atoms with Crippen LogP contribution in [0.4, 0.5) is 5.69 Å². The standard InChI is InChI=1S/C29H37N5O6S/c1-16-12-25(35)39-24-13-20(9-10-21(16)24)33-28(36)23(30)8-7-11-31-15-32-34-41(37,38)27-18(3)17(2)26-22(19(27)4)14-29(5,6)40-26/h9-10,12-13,15,23,34H,7-8,11,14,30H2,1-6H3,(H,31,32)(H,33,36)/t23-/m0/s1. The number of rotatable bonds is 10. The Kier molecular flexibility index (Phi) is 8.57. The van der Waals surface area contributed by atoms with Gasteiger partial charge in [-0.2, -0.15) is 0 Å². The smallest absolute Gasteiger partial charge is 0.336 e. The SMILES string of the molecule is Cc1c(C)c(S(=O)(=O)NNC=NCCC[C@H](N)C(=O)Nc2ccc3c(C)cc(=O)oc3c2)c(C)c2c1OC(C)(C)C2. The van der Waals surface area contributed by atoms with Crippen molar-refractivity contribution in [2.24, 2.45) is 10.7 Å². The number of nitrogens with one attached hydrogen (secondary N) is 3. The van der Waals surface area contributed by atoms with Gasteiger partial charge in [-0.1, -0.05) is 0 Å². The van der Waals surface area contributed by atoms with E-state index in [-0.39, 0.29) is 16.4 Å². The Labute approximate surface area is 239 Å². The third-order valence-corrected chi connectivity index (χ3v) is 8.80. The van der Waals surface area contributed by atoms with Crippen LogP contribution in [0.1, 0.15) is 54.5 Å². The Hall–Kier alpha value is -3.74. The lowest BCUT2D eigenvalue weighted by molar-refractivity contribution is -0.117. The van der Waals surface area contributed by atoms with Gasteiger partial charge in [0, 0.05) is 41.7 Å². The van der Waals surface area contributed by atoms with E-state index in [2.05, 4.69) is 20.6 Å². The number of nitrogens with zero attached hydrogens (tertiary/aromatic N) is 1. The fourth-order valence-corrected chi connectivity index (χ4v) is 6.48. The number of nitrogens with two attached hydrogens (primary N) is 1. The van der Waals surface area contributed by atoms with Crippen LogP contribution < -0.4 is 31.7 Å². The molecule has 0 fully saturated rings. The molecule has 0 saturated carbocycles. The lowest BCUT2D eigenvalue weighted by atomic mass is 9.94. The summed E-state index contributed by atoms with van der Waals surface area (Å²) in [7, 11) is -3.87. The quantitative estimate of drug-likeness (QED) is 0.0928. The van der Waals surface area contributed by atoms with Crippen molar-refractivity contribution in [1.82, 2.24) is 10.3 Å². The molecule has 0 aliphatic carbocycles. The van der Waals surface area contributed by atoms with E-state index in [4.69, 9.17) is 14.9 Å². The number of benzene rings is 2. The first-order valence-corrected chi connectivity index (χ1v) is 14.9. The van der Waals surface area contributed by atoms with E-state index in [0.29, 0.717) is 48.2 Å². The van der Waals surface area contributed by atoms with Gasteiger partial charge >= 0.3 is 5.63 Å². The van der Waals surface area contributed by atoms with Gasteiger partial charge in [-0.15, -0.1) is 4.83 Å². The molecule has 12 heteroatoms. The van der Waals surface area contributed by atoms with Gasteiger partial charge in [0.25, 0.3) is 10.0 Å². The largest absolute Gasteiger partial charge is 0.487 e. The highest BCUT2D eigenvalue weighted by Crippen LogP contribution is 2.43. The Morgan fingerprint density at radius 2 is 1.88 bits per heavy atom. The maximum atomic E-state index is 13.1. The molecule has 41 heavy (non-hydrogen) atoms. The number of carbonyl (C=O) groups is 1. The van der Waals surface area contributed by atoms with Crippen LogP contribution in [0.25, 0.3) is 11.0 Å². The number of carbonyl (C=O) groups excluding carboxylic acids is 1. The Morgan fingerprint density at radius 3 is 2.61 bits per heavy atom. The lowest BCUT2D eigenvalue weighted by Crippen LogP contribution is -2.37. The van der Waals surface area contributed by atoms with E-state index in [9.17, 15) is 18.0 Å². The van der Waals surface area contributed by atoms with Crippen LogP contribution in [0, 0.1) is 27.7 Å². The number of hydrazine groups is 1. The van der Waals surface area contributed by atoms with Crippen LogP contribution >= 0.6 is 0 Å². The minimum atomic E-state index is -3.87. The van der Waals surface area contributed by atoms with Gasteiger partial charge in [0.2, 0.25) is 5.91 Å². The molecule has 220 valence electrons. The van der Waals surface area contributed by atoms with Crippen LogP contribution in [-0.4, -0.2) is 38.9 Å². The summed E-state index contributed by atoms with van der Waals surface area (Å²) < 4.78 is 37.6. The summed E-state index contributed by atoms with van der Waals surface area (Å²) in [6.45, 7) is 11.6. The Morgan fingerprint density at radius 1 is 1.15 bits per heavy atom. The lowest BCUT2D eigenvalue weighted by Gasteiger charge is -2.19. The molecule has 1 aliphatic rings. The molecule has 4 rings (SSSR count). The molecule has 5 N–H and O–H groups in total. The number of anilines is 1. The van der Waals surface area contributed by atoms with E-state index in [1.807, 2.05) is 27.7 Å². The third kappa shape index (κ3) is 6.61. The summed E-state index contributed by atoms with van der Waals surface area (Å²) in [6.07, 6.45) is 2.77. The van der Waals surface area contributed by atoms with Crippen molar-refractivity contribution in [3.05, 3.63) is 62.5 Å². The molecule has 0 bridgehead atoms. The number of sulfonamides is 1. The van der Waals surface area contributed by atoms with E-state index < -0.39 is 21.7 Å². The van der Waals surface area contributed by atoms with Crippen LogP contribution in [0.5, 0.6) is 5.75 Å². The second kappa shape index (κ2) is 11.6. The number of ether oxygens (including phenoxy) is 1. The molecule has 1 atom stereocenters. The van der Waals surface area contributed by atoms with Gasteiger partial charge in [-0.05, 0) is 88.8 Å². The fraction of sp³-hybridized carbons (Fsp3) is 0.414. The maximum Gasteiger partial charge on any atom is 0.336 e. The number of amides is 1. The fourth-order valence-electron chi connectivity index (χ4n) is 5.08. The highest BCUT2D eigenvalue weighted by Gasteiger charge is 2.36. The molecule has 3 aromatic rings. The number of aliphatic imine (C=N–C) groups is 1. The van der Waals surface area contributed by atoms with Gasteiger partial charge in [0.1, 0.15) is 16.9 Å². The topological polar surface area (TPSA) is 165 Å². The summed E-state index contributed by atoms with van der Waals surface area (Å²) in [6, 6.07) is 5.72. The molecular weight excluding hydrogens is 546 g/mol. The first kappa shape index (κ1) is 30.2. The molecule has 1 aliphatic heterocycles. The molecule has 2 heterocycles. The van der Waals surface area contributed by atoms with Gasteiger partial charge in [0.15, 0.2) is 0 Å². The van der Waals surface area contributed by atoms with Crippen molar-refractivity contribution in [3.63, 3.8) is 0 Å². The minimum absolute atomic E-state index is 0.233. The molecule has 2 aromatic carbocycles. The summed E-state index contributed by atoms with van der Waals surface area (Å²) in [4.78, 5) is 30.9. The van der Waals surface area contributed by atoms with E-state index >= 15 is 0 Å². The summed E-state index contributed by atoms with van der Waals surface area (Å²) in [5, 5.41) is 3.52. The summed E-state index contributed by atoms with van der Waals surface area (Å²) in [5.41, 5.74) is 12.4. The normalized spacial score (nSPS) is 15.1. The average Bonchev–Trinajstić information content (AvgIpc) is 3.22. The van der Waals surface area contributed by atoms with Gasteiger partial charge in [-0.25, -0.2) is 13.2 Å². The molecule has 1 aromatic heterocycles. The Bertz CT molecular complexity index is 1690. The van der Waals surface area contributed by atoms with E-state index in [0.717, 1.165) is 27.8 Å². The van der Waals surface area contributed by atoms with Gasteiger partial charge in [-0.3, -0.25) is 15.2 Å². The zero-order valence-electron chi connectivity index (χ0n) is 24.2. The highest BCUT2D eigenvalue weighted by atomic mass is 32.2. The van der Waals surface area contributed by atoms with Crippen LogP contribution in [0.15, 0.2) is 43.4 Å². The van der Waals surface area contributed by atoms with Gasteiger partial charge < -0.3 is 20.2 Å². The molecule has 0 radical (unpaired) electrons. The Balaban J connectivity index is 1.26. The number of hydrogen-bond donors (Lipinski definition) is 4. The first-order chi connectivity index (χ1) is 19.2. The van der Waals surface area contributed by atoms with Crippen LogP contribution in [0.2, 0.25) is 0 Å². The van der Waals surface area contributed by atoms with Crippen LogP contribution in [0.3, 0.4) is 0 Å². The zero-order valence-corrected chi connectivity index (χ0v) is 25.0. The van der Waals surface area contributed by atoms with Crippen molar-refractivity contribution in [3.8, 4) is 5.75 Å². The zero-order chi connectivity index (χ0) is 30.1. The average molecular weight is 584 g/mol. The van der Waals surface area contributed by atoms with Crippen molar-refractivity contribution < 1.29 is 22.4 Å². The predicted molar refractivity (Wildman–Crippen MR) is 159 cm³/mol. The second-order valence-corrected chi connectivity index (χ2v) is 12.7. The van der Waals surface area contributed by atoms with E-state index in [1.54, 1.807) is 32.0 Å².